The van der Waals surface area contributed by atoms with Crippen molar-refractivity contribution in [2.75, 3.05) is 7.05 Å². The van der Waals surface area contributed by atoms with Crippen molar-refractivity contribution in [2.24, 2.45) is 5.41 Å². The van der Waals surface area contributed by atoms with E-state index in [4.69, 9.17) is 0 Å². The molecule has 0 bridgehead atoms. The van der Waals surface area contributed by atoms with E-state index in [0.29, 0.717) is 17.1 Å². The molecule has 1 N–H and O–H groups in total. The average molecular weight is 342 g/mol. The Kier molecular flexibility index (Phi) is 5.40. The maximum Gasteiger partial charge on any atom is 0.255 e. The summed E-state index contributed by atoms with van der Waals surface area (Å²) in [5, 5.41) is 0. The van der Waals surface area contributed by atoms with Crippen molar-refractivity contribution in [3.8, 4) is 11.4 Å². The van der Waals surface area contributed by atoms with Crippen LogP contribution in [0, 0.1) is 12.3 Å². The third-order valence-corrected chi connectivity index (χ3v) is 4.71. The summed E-state index contributed by atoms with van der Waals surface area (Å²) < 4.78 is 0. The molecule has 25 heavy (non-hydrogen) atoms. The predicted molar refractivity (Wildman–Crippen MR) is 98.2 cm³/mol. The zero-order valence-corrected chi connectivity index (χ0v) is 15.8. The molecule has 6 heteroatoms. The van der Waals surface area contributed by atoms with E-state index in [1.165, 1.54) is 0 Å². The highest BCUT2D eigenvalue weighted by atomic mass is 16.2. The van der Waals surface area contributed by atoms with Gasteiger partial charge in [0.2, 0.25) is 5.91 Å². The van der Waals surface area contributed by atoms with E-state index in [2.05, 4.69) is 35.7 Å². The second kappa shape index (κ2) is 7.17. The zero-order valence-electron chi connectivity index (χ0n) is 15.8. The molecule has 0 radical (unpaired) electrons. The van der Waals surface area contributed by atoms with Crippen molar-refractivity contribution in [1.82, 2.24) is 19.9 Å². The normalized spacial score (nSPS) is 12.7. The number of amides is 1. The fourth-order valence-electron chi connectivity index (χ4n) is 2.53. The molecule has 0 saturated carbocycles. The third-order valence-electron chi connectivity index (χ3n) is 4.71. The first-order valence-corrected chi connectivity index (χ1v) is 8.37. The fraction of sp³-hybridized carbons (Fsp3) is 0.474. The Morgan fingerprint density at radius 2 is 2.04 bits per heavy atom. The number of aromatic nitrogens is 3. The van der Waals surface area contributed by atoms with Crippen molar-refractivity contribution in [1.29, 1.82) is 0 Å². The van der Waals surface area contributed by atoms with Crippen LogP contribution in [0.4, 0.5) is 0 Å². The number of hydrogen-bond acceptors (Lipinski definition) is 4. The molecular weight excluding hydrogens is 316 g/mol. The van der Waals surface area contributed by atoms with Crippen LogP contribution in [0.2, 0.25) is 0 Å². The van der Waals surface area contributed by atoms with Gasteiger partial charge in [0.05, 0.1) is 6.42 Å². The molecule has 0 aromatic carbocycles. The van der Waals surface area contributed by atoms with Crippen LogP contribution in [0.15, 0.2) is 29.3 Å². The van der Waals surface area contributed by atoms with Crippen LogP contribution in [0.5, 0.6) is 0 Å². The summed E-state index contributed by atoms with van der Waals surface area (Å²) in [6, 6.07) is 3.67. The van der Waals surface area contributed by atoms with E-state index in [1.807, 2.05) is 13.0 Å². The summed E-state index contributed by atoms with van der Waals surface area (Å²) in [5.74, 6) is 0.371. The molecule has 0 aliphatic rings. The molecule has 0 aliphatic carbocycles. The van der Waals surface area contributed by atoms with Gasteiger partial charge >= 0.3 is 0 Å². The Balaban J connectivity index is 2.26. The summed E-state index contributed by atoms with van der Waals surface area (Å²) in [5.41, 5.74) is 1.39. The smallest absolute Gasteiger partial charge is 0.255 e. The number of pyridine rings is 1. The van der Waals surface area contributed by atoms with Gasteiger partial charge in [-0.1, -0.05) is 20.8 Å². The summed E-state index contributed by atoms with van der Waals surface area (Å²) in [4.78, 5) is 38.0. The van der Waals surface area contributed by atoms with Crippen LogP contribution >= 0.6 is 0 Å². The van der Waals surface area contributed by atoms with Gasteiger partial charge in [-0.3, -0.25) is 14.6 Å². The zero-order chi connectivity index (χ0) is 18.8. The maximum atomic E-state index is 12.6. The van der Waals surface area contributed by atoms with Crippen LogP contribution in [0.3, 0.4) is 0 Å². The average Bonchev–Trinajstić information content (AvgIpc) is 2.56. The number of rotatable bonds is 4. The number of aromatic amines is 1. The van der Waals surface area contributed by atoms with E-state index in [-0.39, 0.29) is 29.3 Å². The number of hydrogen-bond donors (Lipinski definition) is 1. The molecule has 2 rings (SSSR count). The number of nitrogens with one attached hydrogen (secondary N) is 1. The second-order valence-electron chi connectivity index (χ2n) is 7.44. The van der Waals surface area contributed by atoms with Gasteiger partial charge in [0.25, 0.3) is 5.56 Å². The number of nitrogens with zero attached hydrogens (tertiary/aromatic N) is 3. The highest BCUT2D eigenvalue weighted by Gasteiger charge is 2.27. The molecule has 0 saturated heterocycles. The molecule has 2 aromatic heterocycles. The molecule has 0 unspecified atom stereocenters. The van der Waals surface area contributed by atoms with E-state index in [0.717, 1.165) is 5.56 Å². The molecule has 6 nitrogen and oxygen atoms in total. The maximum absolute atomic E-state index is 12.6. The first-order valence-electron chi connectivity index (χ1n) is 8.37. The molecule has 2 aromatic rings. The van der Waals surface area contributed by atoms with Crippen LogP contribution in [0.1, 0.15) is 39.0 Å². The van der Waals surface area contributed by atoms with Crippen molar-refractivity contribution in [3.63, 3.8) is 0 Å². The van der Waals surface area contributed by atoms with E-state index in [1.54, 1.807) is 37.3 Å². The summed E-state index contributed by atoms with van der Waals surface area (Å²) in [6.45, 7) is 10.0. The lowest BCUT2D eigenvalue weighted by Crippen LogP contribution is -2.44. The summed E-state index contributed by atoms with van der Waals surface area (Å²) in [6.07, 6.45) is 3.34. The van der Waals surface area contributed by atoms with Crippen LogP contribution in [-0.4, -0.2) is 38.8 Å². The molecular formula is C19H26N4O2. The first kappa shape index (κ1) is 18.8. The lowest BCUT2D eigenvalue weighted by atomic mass is 9.87. The van der Waals surface area contributed by atoms with Gasteiger partial charge in [-0.25, -0.2) is 4.98 Å². The molecule has 1 atom stereocenters. The summed E-state index contributed by atoms with van der Waals surface area (Å²) in [7, 11) is 1.78. The molecule has 0 aliphatic heterocycles. The van der Waals surface area contributed by atoms with Gasteiger partial charge in [0, 0.05) is 42.3 Å². The quantitative estimate of drug-likeness (QED) is 0.926. The Hall–Kier alpha value is -2.50. The van der Waals surface area contributed by atoms with Crippen LogP contribution in [-0.2, 0) is 11.2 Å². The largest absolute Gasteiger partial charge is 0.342 e. The molecule has 134 valence electrons. The van der Waals surface area contributed by atoms with E-state index < -0.39 is 0 Å². The monoisotopic (exact) mass is 342 g/mol. The van der Waals surface area contributed by atoms with E-state index in [9.17, 15) is 9.59 Å². The van der Waals surface area contributed by atoms with Crippen molar-refractivity contribution < 1.29 is 4.79 Å². The number of likely N-dealkylation sites (N-methyl/N-ethyl adjacent to an activating group) is 1. The van der Waals surface area contributed by atoms with Crippen LogP contribution < -0.4 is 5.56 Å². The lowest BCUT2D eigenvalue weighted by Gasteiger charge is -2.35. The standard InChI is InChI=1S/C19H26N4O2/c1-12-15(10-16(24)23(6)13(2)19(3,4)5)18(25)22-17(21-12)14-8-7-9-20-11-14/h7-9,11,13H,10H2,1-6H3,(H,21,22,25)/t13-/m1/s1. The number of H-pyrrole nitrogens is 1. The van der Waals surface area contributed by atoms with E-state index >= 15 is 0 Å². The topological polar surface area (TPSA) is 79.0 Å². The molecule has 0 fully saturated rings. The first-order chi connectivity index (χ1) is 11.6. The van der Waals surface area contributed by atoms with Gasteiger partial charge in [-0.15, -0.1) is 0 Å². The number of carbonyl (C=O) groups excluding carboxylic acids is 1. The third kappa shape index (κ3) is 4.32. The van der Waals surface area contributed by atoms with Crippen molar-refractivity contribution in [3.05, 3.63) is 46.1 Å². The minimum absolute atomic E-state index is 0.0334. The number of aryl methyl sites for hydroxylation is 1. The van der Waals surface area contributed by atoms with Crippen LogP contribution in [0.25, 0.3) is 11.4 Å². The van der Waals surface area contributed by atoms with Gasteiger partial charge < -0.3 is 9.88 Å². The van der Waals surface area contributed by atoms with Gasteiger partial charge in [-0.2, -0.15) is 0 Å². The van der Waals surface area contributed by atoms with Crippen molar-refractivity contribution >= 4 is 5.91 Å². The highest BCUT2D eigenvalue weighted by molar-refractivity contribution is 5.79. The Labute approximate surface area is 148 Å². The SMILES string of the molecule is Cc1nc(-c2cccnc2)[nH]c(=O)c1CC(=O)N(C)[C@H](C)C(C)(C)C. The number of carbonyl (C=O) groups is 1. The van der Waals surface area contributed by atoms with Gasteiger partial charge in [0.15, 0.2) is 0 Å². The highest BCUT2D eigenvalue weighted by Crippen LogP contribution is 2.23. The molecule has 0 spiro atoms. The Morgan fingerprint density at radius 1 is 1.36 bits per heavy atom. The van der Waals surface area contributed by atoms with Gasteiger partial charge in [0.1, 0.15) is 5.82 Å². The summed E-state index contributed by atoms with van der Waals surface area (Å²) >= 11 is 0. The lowest BCUT2D eigenvalue weighted by molar-refractivity contribution is -0.132. The minimum atomic E-state index is -0.281. The Morgan fingerprint density at radius 3 is 2.56 bits per heavy atom. The Bertz CT molecular complexity index is 806. The molecule has 2 heterocycles. The minimum Gasteiger partial charge on any atom is -0.342 e. The van der Waals surface area contributed by atoms with Gasteiger partial charge in [-0.05, 0) is 31.4 Å². The predicted octanol–water partition coefficient (Wildman–Crippen LogP) is 2.58. The molecule has 1 amide bonds. The fourth-order valence-corrected chi connectivity index (χ4v) is 2.53. The second-order valence-corrected chi connectivity index (χ2v) is 7.44. The van der Waals surface area contributed by atoms with Crippen molar-refractivity contribution in [2.45, 2.75) is 47.1 Å².